The van der Waals surface area contributed by atoms with E-state index in [-0.39, 0.29) is 0 Å². The molecule has 104 valence electrons. The first kappa shape index (κ1) is 13.4. The highest BCUT2D eigenvalue weighted by atomic mass is 14.9. The van der Waals surface area contributed by atoms with Gasteiger partial charge in [0.25, 0.3) is 0 Å². The molecule has 1 N–H and O–H groups in total. The van der Waals surface area contributed by atoms with Gasteiger partial charge in [-0.2, -0.15) is 0 Å². The SMILES string of the molecule is CC(=CCCNC1CC1)Cc1cccc2ccccc12. The highest BCUT2D eigenvalue weighted by molar-refractivity contribution is 5.85. The Morgan fingerprint density at radius 3 is 2.80 bits per heavy atom. The fraction of sp³-hybridized carbons (Fsp3) is 0.368. The molecule has 20 heavy (non-hydrogen) atoms. The van der Waals surface area contributed by atoms with E-state index in [0.29, 0.717) is 0 Å². The Morgan fingerprint density at radius 1 is 1.15 bits per heavy atom. The summed E-state index contributed by atoms with van der Waals surface area (Å²) in [6, 6.07) is 16.1. The topological polar surface area (TPSA) is 12.0 Å². The lowest BCUT2D eigenvalue weighted by Crippen LogP contribution is -2.16. The maximum Gasteiger partial charge on any atom is 0.00683 e. The predicted molar refractivity (Wildman–Crippen MR) is 87.1 cm³/mol. The van der Waals surface area contributed by atoms with E-state index >= 15 is 0 Å². The monoisotopic (exact) mass is 265 g/mol. The van der Waals surface area contributed by atoms with Crippen molar-refractivity contribution in [3.05, 3.63) is 59.7 Å². The lowest BCUT2D eigenvalue weighted by Gasteiger charge is -2.07. The van der Waals surface area contributed by atoms with Crippen molar-refractivity contribution in [1.82, 2.24) is 5.32 Å². The number of benzene rings is 2. The van der Waals surface area contributed by atoms with Crippen molar-refractivity contribution in [1.29, 1.82) is 0 Å². The van der Waals surface area contributed by atoms with Gasteiger partial charge in [0.05, 0.1) is 0 Å². The summed E-state index contributed by atoms with van der Waals surface area (Å²) >= 11 is 0. The molecule has 2 aromatic rings. The van der Waals surface area contributed by atoms with Crippen molar-refractivity contribution in [3.8, 4) is 0 Å². The molecule has 0 saturated heterocycles. The maximum absolute atomic E-state index is 3.56. The molecule has 1 aliphatic rings. The van der Waals surface area contributed by atoms with Crippen LogP contribution in [0.4, 0.5) is 0 Å². The zero-order valence-electron chi connectivity index (χ0n) is 12.2. The third kappa shape index (κ3) is 3.49. The van der Waals surface area contributed by atoms with Crippen LogP contribution < -0.4 is 5.32 Å². The molecule has 0 spiro atoms. The van der Waals surface area contributed by atoms with Crippen molar-refractivity contribution in [2.75, 3.05) is 6.54 Å². The van der Waals surface area contributed by atoms with Crippen LogP contribution >= 0.6 is 0 Å². The van der Waals surface area contributed by atoms with Crippen LogP contribution in [0.5, 0.6) is 0 Å². The highest BCUT2D eigenvalue weighted by Crippen LogP contribution is 2.21. The van der Waals surface area contributed by atoms with Crippen molar-refractivity contribution >= 4 is 10.8 Å². The van der Waals surface area contributed by atoms with E-state index < -0.39 is 0 Å². The van der Waals surface area contributed by atoms with Crippen LogP contribution in [-0.4, -0.2) is 12.6 Å². The van der Waals surface area contributed by atoms with Gasteiger partial charge in [-0.15, -0.1) is 0 Å². The average Bonchev–Trinajstić information content (AvgIpc) is 3.28. The second-order valence-corrected chi connectivity index (χ2v) is 5.88. The van der Waals surface area contributed by atoms with Gasteiger partial charge in [-0.05, 0) is 55.5 Å². The molecule has 0 aliphatic heterocycles. The molecule has 0 amide bonds. The molecule has 0 aromatic heterocycles. The molecule has 1 heteroatoms. The quantitative estimate of drug-likeness (QED) is 0.600. The summed E-state index contributed by atoms with van der Waals surface area (Å²) in [7, 11) is 0. The summed E-state index contributed by atoms with van der Waals surface area (Å²) in [5, 5.41) is 6.29. The average molecular weight is 265 g/mol. The van der Waals surface area contributed by atoms with E-state index in [1.807, 2.05) is 0 Å². The molecule has 3 rings (SSSR count). The van der Waals surface area contributed by atoms with Gasteiger partial charge < -0.3 is 5.32 Å². The molecule has 0 heterocycles. The summed E-state index contributed by atoms with van der Waals surface area (Å²) in [6.45, 7) is 3.37. The molecule has 0 atom stereocenters. The molecule has 1 nitrogen and oxygen atoms in total. The van der Waals surface area contributed by atoms with E-state index in [4.69, 9.17) is 0 Å². The summed E-state index contributed by atoms with van der Waals surface area (Å²) in [5.41, 5.74) is 2.91. The summed E-state index contributed by atoms with van der Waals surface area (Å²) in [4.78, 5) is 0. The molecule has 0 unspecified atom stereocenters. The van der Waals surface area contributed by atoms with Gasteiger partial charge >= 0.3 is 0 Å². The minimum Gasteiger partial charge on any atom is -0.314 e. The van der Waals surface area contributed by atoms with Crippen LogP contribution in [0, 0.1) is 0 Å². The molecule has 0 bridgehead atoms. The standard InChI is InChI=1S/C19H23N/c1-15(6-5-13-20-18-11-12-18)14-17-9-4-8-16-7-2-3-10-19(16)17/h2-4,6-10,18,20H,5,11-14H2,1H3. The van der Waals surface area contributed by atoms with Gasteiger partial charge in [-0.25, -0.2) is 0 Å². The van der Waals surface area contributed by atoms with Crippen molar-refractivity contribution in [2.24, 2.45) is 0 Å². The number of hydrogen-bond acceptors (Lipinski definition) is 1. The predicted octanol–water partition coefficient (Wildman–Crippen LogP) is 4.47. The van der Waals surface area contributed by atoms with E-state index in [0.717, 1.165) is 25.4 Å². The van der Waals surface area contributed by atoms with Crippen molar-refractivity contribution in [3.63, 3.8) is 0 Å². The Hall–Kier alpha value is -1.60. The fourth-order valence-electron chi connectivity index (χ4n) is 2.71. The Balaban J connectivity index is 1.63. The third-order valence-corrected chi connectivity index (χ3v) is 4.00. The molecular formula is C19H23N. The van der Waals surface area contributed by atoms with Gasteiger partial charge in [0.2, 0.25) is 0 Å². The number of rotatable bonds is 6. The Labute approximate surface area is 121 Å². The molecule has 1 saturated carbocycles. The fourth-order valence-corrected chi connectivity index (χ4v) is 2.71. The minimum atomic E-state index is 0.821. The van der Waals surface area contributed by atoms with Crippen molar-refractivity contribution in [2.45, 2.75) is 38.6 Å². The molecule has 0 radical (unpaired) electrons. The summed E-state index contributed by atoms with van der Waals surface area (Å²) in [6.07, 6.45) is 7.34. The first-order chi connectivity index (χ1) is 9.83. The highest BCUT2D eigenvalue weighted by Gasteiger charge is 2.19. The summed E-state index contributed by atoms with van der Waals surface area (Å²) in [5.74, 6) is 0. The Morgan fingerprint density at radius 2 is 1.95 bits per heavy atom. The van der Waals surface area contributed by atoms with Gasteiger partial charge in [0.15, 0.2) is 0 Å². The third-order valence-electron chi connectivity index (χ3n) is 4.00. The van der Waals surface area contributed by atoms with E-state index in [1.165, 1.54) is 34.8 Å². The van der Waals surface area contributed by atoms with Crippen LogP contribution in [0.2, 0.25) is 0 Å². The molecule has 2 aromatic carbocycles. The van der Waals surface area contributed by atoms with Gasteiger partial charge in [0.1, 0.15) is 0 Å². The number of fused-ring (bicyclic) bond motifs is 1. The molecule has 1 aliphatic carbocycles. The van der Waals surface area contributed by atoms with Crippen molar-refractivity contribution < 1.29 is 0 Å². The maximum atomic E-state index is 3.56. The Kier molecular flexibility index (Phi) is 4.17. The number of hydrogen-bond donors (Lipinski definition) is 1. The smallest absolute Gasteiger partial charge is 0.00683 e. The van der Waals surface area contributed by atoms with Gasteiger partial charge in [0, 0.05) is 6.04 Å². The Bertz CT molecular complexity index is 603. The van der Waals surface area contributed by atoms with Crippen LogP contribution in [0.3, 0.4) is 0 Å². The zero-order chi connectivity index (χ0) is 13.8. The zero-order valence-corrected chi connectivity index (χ0v) is 12.2. The first-order valence-corrected chi connectivity index (χ1v) is 7.68. The summed E-state index contributed by atoms with van der Waals surface area (Å²) < 4.78 is 0. The second kappa shape index (κ2) is 6.23. The molecule has 1 fully saturated rings. The van der Waals surface area contributed by atoms with Crippen LogP contribution in [0.15, 0.2) is 54.1 Å². The van der Waals surface area contributed by atoms with Gasteiger partial charge in [-0.3, -0.25) is 0 Å². The number of nitrogens with one attached hydrogen (secondary N) is 1. The number of allylic oxidation sites excluding steroid dienone is 1. The first-order valence-electron chi connectivity index (χ1n) is 7.68. The largest absolute Gasteiger partial charge is 0.314 e. The van der Waals surface area contributed by atoms with Crippen LogP contribution in [0.1, 0.15) is 31.7 Å². The normalized spacial score (nSPS) is 15.8. The molecular weight excluding hydrogens is 242 g/mol. The van der Waals surface area contributed by atoms with Crippen LogP contribution in [-0.2, 0) is 6.42 Å². The van der Waals surface area contributed by atoms with E-state index in [2.05, 4.69) is 60.8 Å². The van der Waals surface area contributed by atoms with Crippen LogP contribution in [0.25, 0.3) is 10.8 Å². The lowest BCUT2D eigenvalue weighted by atomic mass is 9.99. The lowest BCUT2D eigenvalue weighted by molar-refractivity contribution is 0.688. The second-order valence-electron chi connectivity index (χ2n) is 5.88. The minimum absolute atomic E-state index is 0.821. The van der Waals surface area contributed by atoms with E-state index in [1.54, 1.807) is 0 Å². The van der Waals surface area contributed by atoms with Gasteiger partial charge in [-0.1, -0.05) is 54.1 Å². The van der Waals surface area contributed by atoms with E-state index in [9.17, 15) is 0 Å².